The summed E-state index contributed by atoms with van der Waals surface area (Å²) in [6.45, 7) is 2.23. The van der Waals surface area contributed by atoms with Gasteiger partial charge in [0, 0.05) is 9.13 Å². The Morgan fingerprint density at radius 3 is 2.61 bits per heavy atom. The van der Waals surface area contributed by atoms with Crippen molar-refractivity contribution in [2.45, 2.75) is 13.5 Å². The lowest BCUT2D eigenvalue weighted by atomic mass is 10.1. The van der Waals surface area contributed by atoms with Gasteiger partial charge < -0.3 is 14.2 Å². The molecule has 5 nitrogen and oxygen atoms in total. The zero-order valence-corrected chi connectivity index (χ0v) is 21.4. The summed E-state index contributed by atoms with van der Waals surface area (Å²) in [6, 6.07) is 15.4. The highest BCUT2D eigenvalue weighted by molar-refractivity contribution is 14.1. The van der Waals surface area contributed by atoms with Crippen molar-refractivity contribution in [2.75, 3.05) is 7.11 Å². The second-order valence-electron chi connectivity index (χ2n) is 7.25. The van der Waals surface area contributed by atoms with E-state index >= 15 is 0 Å². The third-order valence-corrected chi connectivity index (χ3v) is 6.68. The van der Waals surface area contributed by atoms with Crippen LogP contribution in [0.25, 0.3) is 6.08 Å². The number of cyclic esters (lactones) is 1. The standard InChI is InChI=1S/C25H18BrFINO4/c1-14-9-17(5-8-20(14)28)24-29-21(25(30)33-24)11-16-10-19(26)23(22(12-16)31-2)32-13-15-3-6-18(27)7-4-15/h3-12H,13H2,1-2H3/b21-11-. The number of halogens is 3. The predicted molar refractivity (Wildman–Crippen MR) is 136 cm³/mol. The van der Waals surface area contributed by atoms with Gasteiger partial charge in [0.15, 0.2) is 17.2 Å². The van der Waals surface area contributed by atoms with E-state index in [1.54, 1.807) is 30.3 Å². The van der Waals surface area contributed by atoms with Crippen LogP contribution in [0.4, 0.5) is 4.39 Å². The minimum atomic E-state index is -0.520. The van der Waals surface area contributed by atoms with E-state index in [4.69, 9.17) is 14.2 Å². The van der Waals surface area contributed by atoms with Crippen LogP contribution in [-0.4, -0.2) is 19.0 Å². The smallest absolute Gasteiger partial charge is 0.363 e. The lowest BCUT2D eigenvalue weighted by Gasteiger charge is -2.13. The van der Waals surface area contributed by atoms with Crippen molar-refractivity contribution in [3.8, 4) is 11.5 Å². The SMILES string of the molecule is COc1cc(/C=C2\N=C(c3ccc(I)c(C)c3)OC2=O)cc(Br)c1OCc1ccc(F)cc1. The topological polar surface area (TPSA) is 57.1 Å². The second kappa shape index (κ2) is 10.0. The maximum atomic E-state index is 13.1. The third-order valence-electron chi connectivity index (χ3n) is 4.88. The molecule has 3 aromatic carbocycles. The van der Waals surface area contributed by atoms with Gasteiger partial charge >= 0.3 is 5.97 Å². The number of aryl methyl sites for hydroxylation is 1. The molecule has 4 rings (SSSR count). The molecular formula is C25H18BrFINO4. The molecule has 1 aliphatic rings. The zero-order chi connectivity index (χ0) is 23.5. The van der Waals surface area contributed by atoms with Crippen LogP contribution in [0.1, 0.15) is 22.3 Å². The average Bonchev–Trinajstić information content (AvgIpc) is 3.15. The van der Waals surface area contributed by atoms with E-state index in [-0.39, 0.29) is 24.0 Å². The Hall–Kier alpha value is -2.72. The second-order valence-corrected chi connectivity index (χ2v) is 9.27. The molecule has 0 spiro atoms. The van der Waals surface area contributed by atoms with Crippen molar-refractivity contribution in [1.29, 1.82) is 0 Å². The van der Waals surface area contributed by atoms with Gasteiger partial charge in [-0.3, -0.25) is 0 Å². The fourth-order valence-electron chi connectivity index (χ4n) is 3.17. The molecule has 33 heavy (non-hydrogen) atoms. The summed E-state index contributed by atoms with van der Waals surface area (Å²) in [7, 11) is 1.53. The van der Waals surface area contributed by atoms with Crippen LogP contribution in [0.3, 0.4) is 0 Å². The van der Waals surface area contributed by atoms with Crippen LogP contribution >= 0.6 is 38.5 Å². The molecule has 0 atom stereocenters. The zero-order valence-electron chi connectivity index (χ0n) is 17.7. The van der Waals surface area contributed by atoms with Crippen LogP contribution in [0.5, 0.6) is 11.5 Å². The first kappa shape index (κ1) is 23.4. The van der Waals surface area contributed by atoms with E-state index in [1.165, 1.54) is 19.2 Å². The number of carbonyl (C=O) groups excluding carboxylic acids is 1. The molecule has 1 aliphatic heterocycles. The van der Waals surface area contributed by atoms with Crippen molar-refractivity contribution < 1.29 is 23.4 Å². The van der Waals surface area contributed by atoms with Gasteiger partial charge in [0.25, 0.3) is 0 Å². The van der Waals surface area contributed by atoms with Gasteiger partial charge in [-0.2, -0.15) is 0 Å². The monoisotopic (exact) mass is 621 g/mol. The van der Waals surface area contributed by atoms with E-state index in [1.807, 2.05) is 25.1 Å². The van der Waals surface area contributed by atoms with Crippen LogP contribution in [0, 0.1) is 16.3 Å². The molecule has 0 aromatic heterocycles. The van der Waals surface area contributed by atoms with E-state index in [9.17, 15) is 9.18 Å². The molecule has 0 radical (unpaired) electrons. The number of ether oxygens (including phenoxy) is 3. The molecule has 0 fully saturated rings. The summed E-state index contributed by atoms with van der Waals surface area (Å²) in [4.78, 5) is 16.8. The maximum Gasteiger partial charge on any atom is 0.363 e. The van der Waals surface area contributed by atoms with E-state index < -0.39 is 5.97 Å². The van der Waals surface area contributed by atoms with Gasteiger partial charge in [0.2, 0.25) is 5.90 Å². The fraction of sp³-hybridized carbons (Fsp3) is 0.120. The molecule has 0 saturated carbocycles. The first-order valence-electron chi connectivity index (χ1n) is 9.88. The van der Waals surface area contributed by atoms with E-state index in [0.717, 1.165) is 20.3 Å². The number of nitrogens with zero attached hydrogens (tertiary/aromatic N) is 1. The third kappa shape index (κ3) is 5.44. The van der Waals surface area contributed by atoms with Gasteiger partial charge in [-0.05, 0) is 111 Å². The summed E-state index contributed by atoms with van der Waals surface area (Å²) >= 11 is 5.75. The highest BCUT2D eigenvalue weighted by atomic mass is 127. The predicted octanol–water partition coefficient (Wildman–Crippen LogP) is 6.43. The number of rotatable bonds is 6. The Labute approximate surface area is 212 Å². The Bertz CT molecular complexity index is 1290. The first-order chi connectivity index (χ1) is 15.8. The number of esters is 1. The molecule has 0 aliphatic carbocycles. The van der Waals surface area contributed by atoms with Crippen LogP contribution < -0.4 is 9.47 Å². The molecular weight excluding hydrogens is 604 g/mol. The number of methoxy groups -OCH3 is 1. The molecule has 0 unspecified atom stereocenters. The number of hydrogen-bond acceptors (Lipinski definition) is 5. The molecule has 8 heteroatoms. The molecule has 3 aromatic rings. The molecule has 168 valence electrons. The Balaban J connectivity index is 1.59. The summed E-state index contributed by atoms with van der Waals surface area (Å²) < 4.78 is 31.6. The Kier molecular flexibility index (Phi) is 7.14. The van der Waals surface area contributed by atoms with E-state index in [2.05, 4.69) is 43.5 Å². The number of aliphatic imine (C=N–C) groups is 1. The normalized spacial score (nSPS) is 14.3. The van der Waals surface area contributed by atoms with Crippen molar-refractivity contribution >= 4 is 56.5 Å². The maximum absolute atomic E-state index is 13.1. The van der Waals surface area contributed by atoms with Crippen LogP contribution in [0.15, 0.2) is 69.8 Å². The fourth-order valence-corrected chi connectivity index (χ4v) is 4.08. The quantitative estimate of drug-likeness (QED) is 0.181. The lowest BCUT2D eigenvalue weighted by Crippen LogP contribution is -2.05. The molecule has 0 amide bonds. The van der Waals surface area contributed by atoms with Crippen LogP contribution in [-0.2, 0) is 16.1 Å². The molecule has 0 N–H and O–H groups in total. The van der Waals surface area contributed by atoms with Gasteiger partial charge in [-0.15, -0.1) is 0 Å². The van der Waals surface area contributed by atoms with Gasteiger partial charge in [0.05, 0.1) is 11.6 Å². The minimum absolute atomic E-state index is 0.190. The Morgan fingerprint density at radius 2 is 1.91 bits per heavy atom. The van der Waals surface area contributed by atoms with Crippen molar-refractivity contribution in [3.05, 3.63) is 96.4 Å². The van der Waals surface area contributed by atoms with Gasteiger partial charge in [-0.1, -0.05) is 12.1 Å². The molecule has 0 saturated heterocycles. The number of hydrogen-bond donors (Lipinski definition) is 0. The summed E-state index contributed by atoms with van der Waals surface area (Å²) in [5, 5.41) is 0. The first-order valence-corrected chi connectivity index (χ1v) is 11.7. The Morgan fingerprint density at radius 1 is 1.15 bits per heavy atom. The average molecular weight is 622 g/mol. The lowest BCUT2D eigenvalue weighted by molar-refractivity contribution is -0.129. The van der Waals surface area contributed by atoms with Crippen molar-refractivity contribution in [2.24, 2.45) is 4.99 Å². The molecule has 1 heterocycles. The highest BCUT2D eigenvalue weighted by Crippen LogP contribution is 2.38. The summed E-state index contributed by atoms with van der Waals surface area (Å²) in [5.41, 5.74) is 3.51. The highest BCUT2D eigenvalue weighted by Gasteiger charge is 2.25. The van der Waals surface area contributed by atoms with Crippen molar-refractivity contribution in [1.82, 2.24) is 0 Å². The summed E-state index contributed by atoms with van der Waals surface area (Å²) in [6.07, 6.45) is 1.63. The number of benzene rings is 3. The summed E-state index contributed by atoms with van der Waals surface area (Å²) in [5.74, 6) is 0.422. The molecule has 0 bridgehead atoms. The minimum Gasteiger partial charge on any atom is -0.493 e. The van der Waals surface area contributed by atoms with Gasteiger partial charge in [0.1, 0.15) is 12.4 Å². The largest absolute Gasteiger partial charge is 0.493 e. The van der Waals surface area contributed by atoms with E-state index in [0.29, 0.717) is 21.5 Å². The van der Waals surface area contributed by atoms with Crippen LogP contribution in [0.2, 0.25) is 0 Å². The van der Waals surface area contributed by atoms with Gasteiger partial charge in [-0.25, -0.2) is 14.2 Å². The number of carbonyl (C=O) groups is 1. The van der Waals surface area contributed by atoms with Crippen molar-refractivity contribution in [3.63, 3.8) is 0 Å².